The summed E-state index contributed by atoms with van der Waals surface area (Å²) in [6.45, 7) is 4.58. The molecule has 1 aromatic carbocycles. The molecule has 1 fully saturated rings. The molecule has 3 aliphatic rings. The molecule has 0 unspecified atom stereocenters. The maximum absolute atomic E-state index is 13.3. The van der Waals surface area contributed by atoms with Crippen molar-refractivity contribution in [2.75, 3.05) is 35.9 Å². The standard InChI is InChI=1S/C41H51IN8O6/c1-2-17-49(18-15-42)41(56)32-20-30-11-12-31(21-34(30)48-35(43)22-32)40(55)47-33-19-28(23-44-25-33)24-46-36(51)6-4-3-5-16-45-39(54)29-9-7-27(8-10-29)26-50-37(52)13-14-38(50)53/h11-14,19-21,23,25,27,29H,2-10,15-18,22,24,26H2,1H3,(H2,43,48)(H,45,54)(H,46,51)(H,47,55). The Morgan fingerprint density at radius 3 is 2.46 bits per heavy atom. The highest BCUT2D eigenvalue weighted by atomic mass is 127. The monoisotopic (exact) mass is 878 g/mol. The van der Waals surface area contributed by atoms with Crippen molar-refractivity contribution in [3.05, 3.63) is 71.1 Å². The summed E-state index contributed by atoms with van der Waals surface area (Å²) in [4.78, 5) is 87.2. The van der Waals surface area contributed by atoms with Crippen LogP contribution in [0.3, 0.4) is 0 Å². The molecule has 0 saturated heterocycles. The normalized spacial score (nSPS) is 17.7. The molecule has 1 aromatic heterocycles. The Balaban J connectivity index is 0.998. The number of amides is 6. The van der Waals surface area contributed by atoms with Crippen LogP contribution >= 0.6 is 22.6 Å². The van der Waals surface area contributed by atoms with E-state index in [2.05, 4.69) is 48.5 Å². The third-order valence-electron chi connectivity index (χ3n) is 10.1. The molecular formula is C41H51IN8O6. The molecule has 2 aliphatic heterocycles. The van der Waals surface area contributed by atoms with E-state index in [1.165, 1.54) is 23.2 Å². The maximum Gasteiger partial charge on any atom is 0.255 e. The first-order chi connectivity index (χ1) is 27.0. The molecule has 5 rings (SSSR count). The number of anilines is 1. The van der Waals surface area contributed by atoms with Crippen molar-refractivity contribution < 1.29 is 28.8 Å². The Labute approximate surface area is 341 Å². The molecule has 0 radical (unpaired) electrons. The molecule has 5 N–H and O–H groups in total. The lowest BCUT2D eigenvalue weighted by Gasteiger charge is -2.30. The summed E-state index contributed by atoms with van der Waals surface area (Å²) in [5, 5.41) is 8.79. The number of carbonyl (C=O) groups excluding carboxylic acids is 6. The fourth-order valence-corrected chi connectivity index (χ4v) is 7.71. The molecule has 14 nitrogen and oxygen atoms in total. The van der Waals surface area contributed by atoms with Crippen LogP contribution < -0.4 is 21.7 Å². The first-order valence-electron chi connectivity index (χ1n) is 19.4. The van der Waals surface area contributed by atoms with Gasteiger partial charge in [-0.3, -0.25) is 38.7 Å². The number of alkyl halides is 1. The van der Waals surface area contributed by atoms with E-state index < -0.39 is 0 Å². The number of nitrogens with one attached hydrogen (secondary N) is 3. The number of amidine groups is 1. The van der Waals surface area contributed by atoms with Crippen LogP contribution in [0, 0.1) is 11.8 Å². The number of imide groups is 1. The molecule has 298 valence electrons. The average Bonchev–Trinajstić information content (AvgIpc) is 3.39. The number of nitrogens with two attached hydrogens (primary N) is 1. The number of rotatable bonds is 18. The fourth-order valence-electron chi connectivity index (χ4n) is 7.12. The number of hydrogen-bond acceptors (Lipinski definition) is 9. The Morgan fingerprint density at radius 1 is 0.964 bits per heavy atom. The van der Waals surface area contributed by atoms with Gasteiger partial charge in [-0.2, -0.15) is 0 Å². The second kappa shape index (κ2) is 20.8. The highest BCUT2D eigenvalue weighted by Gasteiger charge is 2.31. The zero-order chi connectivity index (χ0) is 40.0. The SMILES string of the molecule is CCCN(CCI)C(=O)C1=Cc2ccc(C(=O)Nc3cncc(CNC(=O)CCCCCNC(=O)C4CCC(CN5C(=O)C=CC5=O)CC4)c3)cc2N=C(N)C1. The number of pyridine rings is 1. The van der Waals surface area contributed by atoms with Crippen LogP contribution in [-0.4, -0.2) is 86.7 Å². The molecule has 1 aliphatic carbocycles. The van der Waals surface area contributed by atoms with Crippen molar-refractivity contribution in [3.63, 3.8) is 0 Å². The van der Waals surface area contributed by atoms with Crippen LogP contribution in [0.25, 0.3) is 6.08 Å². The predicted octanol–water partition coefficient (Wildman–Crippen LogP) is 4.81. The minimum atomic E-state index is -0.364. The van der Waals surface area contributed by atoms with Gasteiger partial charge in [-0.15, -0.1) is 0 Å². The van der Waals surface area contributed by atoms with E-state index in [4.69, 9.17) is 5.73 Å². The van der Waals surface area contributed by atoms with E-state index in [-0.39, 0.29) is 60.2 Å². The van der Waals surface area contributed by atoms with Crippen molar-refractivity contribution in [3.8, 4) is 0 Å². The Hall–Kier alpha value is -4.93. The zero-order valence-corrected chi connectivity index (χ0v) is 34.0. The van der Waals surface area contributed by atoms with Gasteiger partial charge < -0.3 is 26.6 Å². The highest BCUT2D eigenvalue weighted by molar-refractivity contribution is 14.1. The van der Waals surface area contributed by atoms with E-state index >= 15 is 0 Å². The molecule has 0 atom stereocenters. The number of halogens is 1. The predicted molar refractivity (Wildman–Crippen MR) is 223 cm³/mol. The summed E-state index contributed by atoms with van der Waals surface area (Å²) in [6, 6.07) is 6.85. The summed E-state index contributed by atoms with van der Waals surface area (Å²) in [7, 11) is 0. The Kier molecular flexibility index (Phi) is 15.7. The number of fused-ring (bicyclic) bond motifs is 1. The second-order valence-corrected chi connectivity index (χ2v) is 15.5. The van der Waals surface area contributed by atoms with Gasteiger partial charge in [0.25, 0.3) is 17.7 Å². The quantitative estimate of drug-likeness (QED) is 0.0709. The number of benzene rings is 1. The van der Waals surface area contributed by atoms with Gasteiger partial charge in [0.2, 0.25) is 17.7 Å². The first kappa shape index (κ1) is 42.2. The lowest BCUT2D eigenvalue weighted by atomic mass is 9.81. The van der Waals surface area contributed by atoms with Gasteiger partial charge in [0.1, 0.15) is 5.84 Å². The van der Waals surface area contributed by atoms with E-state index in [0.29, 0.717) is 72.9 Å². The molecule has 15 heteroatoms. The topological polar surface area (TPSA) is 196 Å². The molecule has 0 bridgehead atoms. The lowest BCUT2D eigenvalue weighted by Crippen LogP contribution is -2.38. The Morgan fingerprint density at radius 2 is 1.73 bits per heavy atom. The number of nitrogens with zero attached hydrogens (tertiary/aromatic N) is 4. The Bertz CT molecular complexity index is 1860. The minimum Gasteiger partial charge on any atom is -0.387 e. The van der Waals surface area contributed by atoms with Crippen molar-refractivity contribution in [1.29, 1.82) is 0 Å². The number of carbonyl (C=O) groups is 6. The van der Waals surface area contributed by atoms with Gasteiger partial charge in [-0.05, 0) is 80.7 Å². The smallest absolute Gasteiger partial charge is 0.255 e. The molecule has 6 amide bonds. The molecule has 56 heavy (non-hydrogen) atoms. The van der Waals surface area contributed by atoms with Crippen molar-refractivity contribution >= 4 is 81.3 Å². The van der Waals surface area contributed by atoms with Crippen molar-refractivity contribution in [2.45, 2.75) is 77.7 Å². The second-order valence-electron chi connectivity index (χ2n) is 14.5. The highest BCUT2D eigenvalue weighted by Crippen LogP contribution is 2.31. The molecule has 2 aromatic rings. The van der Waals surface area contributed by atoms with Crippen LogP contribution in [0.15, 0.2) is 59.4 Å². The van der Waals surface area contributed by atoms with Gasteiger partial charge in [-0.1, -0.05) is 42.0 Å². The lowest BCUT2D eigenvalue weighted by molar-refractivity contribution is -0.138. The van der Waals surface area contributed by atoms with Gasteiger partial charge in [0.05, 0.1) is 17.6 Å². The molecule has 1 saturated carbocycles. The average molecular weight is 879 g/mol. The number of aliphatic imine (C=N–C) groups is 1. The van der Waals surface area contributed by atoms with Gasteiger partial charge in [-0.25, -0.2) is 4.99 Å². The third-order valence-corrected chi connectivity index (χ3v) is 10.6. The van der Waals surface area contributed by atoms with Crippen LogP contribution in [0.5, 0.6) is 0 Å². The van der Waals surface area contributed by atoms with Crippen molar-refractivity contribution in [2.24, 2.45) is 22.6 Å². The van der Waals surface area contributed by atoms with Crippen LogP contribution in [0.2, 0.25) is 0 Å². The minimum absolute atomic E-state index is 0.0438. The van der Waals surface area contributed by atoms with E-state index in [9.17, 15) is 28.8 Å². The summed E-state index contributed by atoms with van der Waals surface area (Å²) in [6.07, 6.45) is 14.4. The number of unbranched alkanes of at least 4 members (excludes halogenated alkanes) is 2. The van der Waals surface area contributed by atoms with Crippen LogP contribution in [-0.2, 0) is 30.5 Å². The zero-order valence-electron chi connectivity index (χ0n) is 31.9. The van der Waals surface area contributed by atoms with Gasteiger partial charge in [0.15, 0.2) is 0 Å². The van der Waals surface area contributed by atoms with Crippen molar-refractivity contribution in [1.82, 2.24) is 25.4 Å². The molecular weight excluding hydrogens is 827 g/mol. The first-order valence-corrected chi connectivity index (χ1v) is 20.9. The molecule has 3 heterocycles. The summed E-state index contributed by atoms with van der Waals surface area (Å²) >= 11 is 2.26. The van der Waals surface area contributed by atoms with E-state index in [1.807, 2.05) is 17.9 Å². The van der Waals surface area contributed by atoms with Gasteiger partial charge in [0, 0.05) is 91.0 Å². The third kappa shape index (κ3) is 12.0. The van der Waals surface area contributed by atoms with E-state index in [1.54, 1.807) is 30.5 Å². The fraction of sp³-hybridized carbons (Fsp3) is 0.463. The van der Waals surface area contributed by atoms with Crippen LogP contribution in [0.1, 0.15) is 92.6 Å². The van der Waals surface area contributed by atoms with Gasteiger partial charge >= 0.3 is 0 Å². The number of hydrogen-bond donors (Lipinski definition) is 4. The summed E-state index contributed by atoms with van der Waals surface area (Å²) < 4.78 is 0.828. The van der Waals surface area contributed by atoms with E-state index in [0.717, 1.165) is 54.9 Å². The summed E-state index contributed by atoms with van der Waals surface area (Å²) in [5.41, 5.74) is 9.57. The maximum atomic E-state index is 13.3. The number of aromatic nitrogens is 1. The largest absolute Gasteiger partial charge is 0.387 e. The van der Waals surface area contributed by atoms with Crippen LogP contribution in [0.4, 0.5) is 11.4 Å². The summed E-state index contributed by atoms with van der Waals surface area (Å²) in [5.74, 6) is -0.520. The molecule has 0 spiro atoms.